The van der Waals surface area contributed by atoms with Crippen LogP contribution >= 0.6 is 0 Å². The van der Waals surface area contributed by atoms with Crippen molar-refractivity contribution < 1.29 is 17.6 Å². The summed E-state index contributed by atoms with van der Waals surface area (Å²) in [6.45, 7) is 0.369. The molecule has 146 valence electrons. The summed E-state index contributed by atoms with van der Waals surface area (Å²) in [4.78, 5) is 13.1. The molecule has 0 saturated heterocycles. The summed E-state index contributed by atoms with van der Waals surface area (Å²) < 4.78 is 44.7. The van der Waals surface area contributed by atoms with Gasteiger partial charge in [-0.2, -0.15) is 13.2 Å². The zero-order chi connectivity index (χ0) is 20.3. The van der Waals surface area contributed by atoms with Crippen LogP contribution in [0.1, 0.15) is 11.3 Å². The lowest BCUT2D eigenvalue weighted by molar-refractivity contribution is -0.137. The molecular formula is C21H15F3N4O. The van der Waals surface area contributed by atoms with Crippen LogP contribution in [0.2, 0.25) is 0 Å². The molecule has 0 bridgehead atoms. The molecule has 4 aromatic rings. The Morgan fingerprint density at radius 3 is 2.52 bits per heavy atom. The molecule has 0 spiro atoms. The third-order valence-electron chi connectivity index (χ3n) is 4.13. The van der Waals surface area contributed by atoms with Crippen molar-refractivity contribution in [1.82, 2.24) is 15.0 Å². The molecule has 1 N–H and O–H groups in total. The summed E-state index contributed by atoms with van der Waals surface area (Å²) in [6, 6.07) is 15.5. The van der Waals surface area contributed by atoms with Crippen molar-refractivity contribution in [1.29, 1.82) is 0 Å². The van der Waals surface area contributed by atoms with Crippen molar-refractivity contribution >= 4 is 5.82 Å². The number of nitrogens with zero attached hydrogens (tertiary/aromatic N) is 3. The predicted octanol–water partition coefficient (Wildman–Crippen LogP) is 5.43. The standard InChI is InChI=1S/C21H15F3N4O/c22-21(23,24)15-6-3-5-14(11-15)18-12-19(26-13-16-7-4-10-29-16)28-20(27-18)17-8-1-2-9-25-17/h1-12H,13H2,(H,26,27,28). The number of aromatic nitrogens is 3. The largest absolute Gasteiger partial charge is 0.467 e. The fourth-order valence-corrected chi connectivity index (χ4v) is 2.74. The van der Waals surface area contributed by atoms with Gasteiger partial charge in [-0.15, -0.1) is 0 Å². The van der Waals surface area contributed by atoms with E-state index in [1.165, 1.54) is 6.07 Å². The van der Waals surface area contributed by atoms with E-state index >= 15 is 0 Å². The number of benzene rings is 1. The first-order valence-corrected chi connectivity index (χ1v) is 8.73. The molecule has 0 aliphatic carbocycles. The maximum absolute atomic E-state index is 13.1. The molecule has 0 radical (unpaired) electrons. The van der Waals surface area contributed by atoms with Gasteiger partial charge in [-0.1, -0.05) is 18.2 Å². The van der Waals surface area contributed by atoms with Gasteiger partial charge in [0.15, 0.2) is 5.82 Å². The highest BCUT2D eigenvalue weighted by molar-refractivity contribution is 5.67. The van der Waals surface area contributed by atoms with Crippen LogP contribution < -0.4 is 5.32 Å². The van der Waals surface area contributed by atoms with Gasteiger partial charge in [-0.05, 0) is 36.4 Å². The van der Waals surface area contributed by atoms with Gasteiger partial charge in [0.1, 0.15) is 17.3 Å². The lowest BCUT2D eigenvalue weighted by atomic mass is 10.1. The van der Waals surface area contributed by atoms with E-state index in [0.717, 1.165) is 12.1 Å². The van der Waals surface area contributed by atoms with Crippen LogP contribution in [0.15, 0.2) is 77.5 Å². The van der Waals surface area contributed by atoms with Crippen LogP contribution in [0.3, 0.4) is 0 Å². The van der Waals surface area contributed by atoms with E-state index in [1.54, 1.807) is 48.9 Å². The van der Waals surface area contributed by atoms with Crippen LogP contribution in [0.25, 0.3) is 22.8 Å². The number of hydrogen-bond donors (Lipinski definition) is 1. The van der Waals surface area contributed by atoms with Crippen LogP contribution in [-0.2, 0) is 12.7 Å². The van der Waals surface area contributed by atoms with Crippen LogP contribution in [0.5, 0.6) is 0 Å². The molecular weight excluding hydrogens is 381 g/mol. The van der Waals surface area contributed by atoms with Gasteiger partial charge < -0.3 is 9.73 Å². The zero-order valence-electron chi connectivity index (χ0n) is 15.0. The monoisotopic (exact) mass is 396 g/mol. The molecule has 0 aliphatic rings. The van der Waals surface area contributed by atoms with E-state index < -0.39 is 11.7 Å². The Hall–Kier alpha value is -3.68. The van der Waals surface area contributed by atoms with Gasteiger partial charge in [-0.3, -0.25) is 4.98 Å². The smallest absolute Gasteiger partial charge is 0.416 e. The Balaban J connectivity index is 1.75. The highest BCUT2D eigenvalue weighted by Crippen LogP contribution is 2.32. The quantitative estimate of drug-likeness (QED) is 0.487. The van der Waals surface area contributed by atoms with Crippen molar-refractivity contribution in [2.75, 3.05) is 5.32 Å². The van der Waals surface area contributed by atoms with Crippen LogP contribution in [-0.4, -0.2) is 15.0 Å². The van der Waals surface area contributed by atoms with Crippen molar-refractivity contribution in [2.45, 2.75) is 12.7 Å². The second-order valence-electron chi connectivity index (χ2n) is 6.19. The SMILES string of the molecule is FC(F)(F)c1cccc(-c2cc(NCc3ccco3)nc(-c3ccccn3)n2)c1. The number of alkyl halides is 3. The third-order valence-corrected chi connectivity index (χ3v) is 4.13. The second kappa shape index (κ2) is 7.75. The molecule has 0 atom stereocenters. The Kier molecular flexibility index (Phi) is 4.99. The molecule has 0 fully saturated rings. The molecule has 0 aliphatic heterocycles. The first kappa shape index (κ1) is 18.7. The third kappa shape index (κ3) is 4.43. The highest BCUT2D eigenvalue weighted by atomic mass is 19.4. The highest BCUT2D eigenvalue weighted by Gasteiger charge is 2.30. The van der Waals surface area contributed by atoms with E-state index in [-0.39, 0.29) is 0 Å². The average Bonchev–Trinajstić information content (AvgIpc) is 3.26. The van der Waals surface area contributed by atoms with Gasteiger partial charge in [-0.25, -0.2) is 9.97 Å². The van der Waals surface area contributed by atoms with E-state index in [2.05, 4.69) is 20.3 Å². The molecule has 0 saturated carbocycles. The molecule has 4 rings (SSSR count). The first-order valence-electron chi connectivity index (χ1n) is 8.73. The maximum Gasteiger partial charge on any atom is 0.416 e. The topological polar surface area (TPSA) is 63.8 Å². The summed E-state index contributed by atoms with van der Waals surface area (Å²) in [5, 5.41) is 3.12. The van der Waals surface area contributed by atoms with Gasteiger partial charge in [0.2, 0.25) is 0 Å². The van der Waals surface area contributed by atoms with Crippen molar-refractivity contribution in [3.8, 4) is 22.8 Å². The lowest BCUT2D eigenvalue weighted by Crippen LogP contribution is -2.06. The number of furan rings is 1. The Morgan fingerprint density at radius 2 is 1.79 bits per heavy atom. The molecule has 0 unspecified atom stereocenters. The van der Waals surface area contributed by atoms with Gasteiger partial charge in [0, 0.05) is 17.8 Å². The van der Waals surface area contributed by atoms with Crippen molar-refractivity contribution in [2.24, 2.45) is 0 Å². The molecule has 8 heteroatoms. The van der Waals surface area contributed by atoms with Crippen molar-refractivity contribution in [3.63, 3.8) is 0 Å². The molecule has 3 aromatic heterocycles. The van der Waals surface area contributed by atoms with Crippen molar-refractivity contribution in [3.05, 3.63) is 84.4 Å². The maximum atomic E-state index is 13.1. The molecule has 1 aromatic carbocycles. The summed E-state index contributed by atoms with van der Waals surface area (Å²) in [7, 11) is 0. The minimum absolute atomic E-state index is 0.308. The normalized spacial score (nSPS) is 11.4. The number of halogens is 3. The average molecular weight is 396 g/mol. The summed E-state index contributed by atoms with van der Waals surface area (Å²) in [5.41, 5.74) is 0.467. The number of pyridine rings is 1. The fraction of sp³-hybridized carbons (Fsp3) is 0.0952. The molecule has 0 amide bonds. The van der Waals surface area contributed by atoms with E-state index in [9.17, 15) is 13.2 Å². The Labute approximate surface area is 164 Å². The minimum atomic E-state index is -4.44. The summed E-state index contributed by atoms with van der Waals surface area (Å²) >= 11 is 0. The predicted molar refractivity (Wildman–Crippen MR) is 102 cm³/mol. The molecule has 29 heavy (non-hydrogen) atoms. The van der Waals surface area contributed by atoms with Gasteiger partial charge in [0.05, 0.1) is 24.1 Å². The number of nitrogens with one attached hydrogen (secondary N) is 1. The number of anilines is 1. The van der Waals surface area contributed by atoms with E-state index in [4.69, 9.17) is 4.42 Å². The first-order chi connectivity index (χ1) is 14.0. The zero-order valence-corrected chi connectivity index (χ0v) is 15.0. The van der Waals surface area contributed by atoms with Crippen LogP contribution in [0.4, 0.5) is 19.0 Å². The Bertz CT molecular complexity index is 1100. The van der Waals surface area contributed by atoms with Gasteiger partial charge in [0.25, 0.3) is 0 Å². The fourth-order valence-electron chi connectivity index (χ4n) is 2.74. The number of hydrogen-bond acceptors (Lipinski definition) is 5. The Morgan fingerprint density at radius 1 is 0.897 bits per heavy atom. The van der Waals surface area contributed by atoms with Gasteiger partial charge >= 0.3 is 6.18 Å². The lowest BCUT2D eigenvalue weighted by Gasteiger charge is -2.11. The molecule has 3 heterocycles. The summed E-state index contributed by atoms with van der Waals surface area (Å²) in [5.74, 6) is 1.45. The van der Waals surface area contributed by atoms with E-state index in [0.29, 0.717) is 40.9 Å². The number of rotatable bonds is 5. The summed E-state index contributed by atoms with van der Waals surface area (Å²) in [6.07, 6.45) is -1.27. The minimum Gasteiger partial charge on any atom is -0.467 e. The van der Waals surface area contributed by atoms with Crippen LogP contribution in [0, 0.1) is 0 Å². The van der Waals surface area contributed by atoms with E-state index in [1.807, 2.05) is 6.07 Å². The molecule has 5 nitrogen and oxygen atoms in total. The second-order valence-corrected chi connectivity index (χ2v) is 6.19.